The quantitative estimate of drug-likeness (QED) is 0.548. The number of nitrogen functional groups attached to an aromatic ring is 1. The highest BCUT2D eigenvalue weighted by Crippen LogP contribution is 2.29. The normalized spacial score (nSPS) is 11.9. The molecule has 2 aromatic heterocycles. The van der Waals surface area contributed by atoms with Gasteiger partial charge in [0.15, 0.2) is 0 Å². The van der Waals surface area contributed by atoms with Crippen molar-refractivity contribution < 1.29 is 4.79 Å². The number of pyridine rings is 2. The van der Waals surface area contributed by atoms with Crippen molar-refractivity contribution in [1.29, 1.82) is 0 Å². The molecule has 0 radical (unpaired) electrons. The van der Waals surface area contributed by atoms with Crippen LogP contribution in [0.15, 0.2) is 47.4 Å². The van der Waals surface area contributed by atoms with Crippen molar-refractivity contribution >= 4 is 40.6 Å². The molecule has 2 heterocycles. The van der Waals surface area contributed by atoms with Crippen molar-refractivity contribution in [2.45, 2.75) is 26.2 Å². The largest absolute Gasteiger partial charge is 0.397 e. The average Bonchev–Trinajstić information content (AvgIpc) is 2.65. The van der Waals surface area contributed by atoms with E-state index in [2.05, 4.69) is 15.3 Å². The number of aromatic nitrogens is 2. The summed E-state index contributed by atoms with van der Waals surface area (Å²) in [5.74, 6) is 0.0551. The number of carbonyl (C=O) groups is 1. The highest BCUT2D eigenvalue weighted by Gasteiger charge is 2.16. The number of amides is 1. The second kappa shape index (κ2) is 8.68. The van der Waals surface area contributed by atoms with Gasteiger partial charge < -0.3 is 16.0 Å². The molecule has 1 unspecified atom stereocenters. The second-order valence-corrected chi connectivity index (χ2v) is 7.68. The summed E-state index contributed by atoms with van der Waals surface area (Å²) in [6, 6.07) is 10.3. The molecule has 8 heteroatoms. The Kier molecular flexibility index (Phi) is 6.25. The van der Waals surface area contributed by atoms with Gasteiger partial charge in [-0.1, -0.05) is 42.3 Å². The lowest BCUT2D eigenvalue weighted by Gasteiger charge is -2.16. The summed E-state index contributed by atoms with van der Waals surface area (Å²) in [5, 5.41) is 3.61. The van der Waals surface area contributed by atoms with Gasteiger partial charge in [0.2, 0.25) is 5.91 Å². The number of anilines is 2. The summed E-state index contributed by atoms with van der Waals surface area (Å²) in [6.07, 6.45) is 2.13. The van der Waals surface area contributed by atoms with Gasteiger partial charge in [0, 0.05) is 40.3 Å². The maximum absolute atomic E-state index is 12.6. The Labute approximate surface area is 178 Å². The predicted octanol–water partition coefficient (Wildman–Crippen LogP) is 4.63. The van der Waals surface area contributed by atoms with Gasteiger partial charge in [0.05, 0.1) is 5.69 Å². The third-order valence-electron chi connectivity index (χ3n) is 4.49. The van der Waals surface area contributed by atoms with Crippen molar-refractivity contribution in [3.05, 3.63) is 74.3 Å². The zero-order chi connectivity index (χ0) is 21.1. The summed E-state index contributed by atoms with van der Waals surface area (Å²) < 4.78 is 0. The molecule has 0 spiro atoms. The highest BCUT2D eigenvalue weighted by molar-refractivity contribution is 6.31. The van der Waals surface area contributed by atoms with E-state index in [1.165, 1.54) is 6.92 Å². The van der Waals surface area contributed by atoms with Crippen molar-refractivity contribution in [1.82, 2.24) is 9.97 Å². The average molecular weight is 431 g/mol. The SMILES string of the molecule is CC(=O)Nc1cc(Cl)c(CC(C)c2[nH]c(=O)c(-c3cccc(Cl)c3)cc2N)cn1. The summed E-state index contributed by atoms with van der Waals surface area (Å²) in [5.41, 5.74) is 9.04. The second-order valence-electron chi connectivity index (χ2n) is 6.84. The fourth-order valence-electron chi connectivity index (χ4n) is 3.13. The van der Waals surface area contributed by atoms with E-state index in [0.717, 1.165) is 5.56 Å². The molecule has 150 valence electrons. The number of rotatable bonds is 5. The Morgan fingerprint density at radius 2 is 2.03 bits per heavy atom. The van der Waals surface area contributed by atoms with Gasteiger partial charge in [0.25, 0.3) is 5.56 Å². The molecule has 3 rings (SSSR count). The van der Waals surface area contributed by atoms with Crippen LogP contribution in [0.4, 0.5) is 11.5 Å². The van der Waals surface area contributed by atoms with Crippen LogP contribution in [-0.4, -0.2) is 15.9 Å². The van der Waals surface area contributed by atoms with Crippen molar-refractivity contribution in [2.24, 2.45) is 0 Å². The van der Waals surface area contributed by atoms with Crippen LogP contribution in [0.3, 0.4) is 0 Å². The Hall–Kier alpha value is -2.83. The summed E-state index contributed by atoms with van der Waals surface area (Å²) >= 11 is 12.4. The first kappa shape index (κ1) is 20.9. The molecule has 0 aliphatic heterocycles. The minimum Gasteiger partial charge on any atom is -0.397 e. The Morgan fingerprint density at radius 3 is 2.69 bits per heavy atom. The van der Waals surface area contributed by atoms with E-state index >= 15 is 0 Å². The van der Waals surface area contributed by atoms with E-state index < -0.39 is 0 Å². The number of hydrogen-bond acceptors (Lipinski definition) is 4. The van der Waals surface area contributed by atoms with Gasteiger partial charge in [-0.15, -0.1) is 0 Å². The smallest absolute Gasteiger partial charge is 0.256 e. The van der Waals surface area contributed by atoms with Crippen LogP contribution in [0.2, 0.25) is 10.0 Å². The molecule has 4 N–H and O–H groups in total. The van der Waals surface area contributed by atoms with Gasteiger partial charge in [-0.25, -0.2) is 4.98 Å². The molecule has 1 atom stereocenters. The minimum absolute atomic E-state index is 0.109. The first-order valence-electron chi connectivity index (χ1n) is 8.95. The first-order chi connectivity index (χ1) is 13.7. The molecule has 0 fully saturated rings. The van der Waals surface area contributed by atoms with E-state index in [1.54, 1.807) is 42.6 Å². The molecule has 29 heavy (non-hydrogen) atoms. The number of benzene rings is 1. The van der Waals surface area contributed by atoms with Crippen molar-refractivity contribution in [3.63, 3.8) is 0 Å². The number of nitrogens with zero attached hydrogens (tertiary/aromatic N) is 1. The summed E-state index contributed by atoms with van der Waals surface area (Å²) in [7, 11) is 0. The lowest BCUT2D eigenvalue weighted by molar-refractivity contribution is -0.114. The monoisotopic (exact) mass is 430 g/mol. The Morgan fingerprint density at radius 1 is 1.28 bits per heavy atom. The lowest BCUT2D eigenvalue weighted by Crippen LogP contribution is -2.16. The van der Waals surface area contributed by atoms with Crippen molar-refractivity contribution in [3.8, 4) is 11.1 Å². The Bertz CT molecular complexity index is 1130. The van der Waals surface area contributed by atoms with Gasteiger partial charge in [-0.05, 0) is 41.8 Å². The standard InChI is InChI=1S/C21H20Cl2N4O2/c1-11(6-14-10-25-19(9-17(14)23)26-12(2)28)20-18(24)8-16(21(29)27-20)13-4-3-5-15(22)7-13/h3-5,7-11H,6,24H2,1-2H3,(H,27,29)(H,25,26,28). The van der Waals surface area contributed by atoms with E-state index in [0.29, 0.717) is 44.8 Å². The molecular weight excluding hydrogens is 411 g/mol. The maximum atomic E-state index is 12.6. The first-order valence-corrected chi connectivity index (χ1v) is 9.71. The number of hydrogen-bond donors (Lipinski definition) is 3. The van der Waals surface area contributed by atoms with Crippen LogP contribution in [0.1, 0.15) is 31.0 Å². The topological polar surface area (TPSA) is 101 Å². The zero-order valence-electron chi connectivity index (χ0n) is 15.9. The summed E-state index contributed by atoms with van der Waals surface area (Å²) in [4.78, 5) is 30.9. The molecule has 0 saturated heterocycles. The van der Waals surface area contributed by atoms with E-state index in [4.69, 9.17) is 28.9 Å². The number of nitrogens with two attached hydrogens (primary N) is 1. The van der Waals surface area contributed by atoms with Crippen LogP contribution < -0.4 is 16.6 Å². The summed E-state index contributed by atoms with van der Waals surface area (Å²) in [6.45, 7) is 3.34. The van der Waals surface area contributed by atoms with Gasteiger partial charge in [-0.3, -0.25) is 9.59 Å². The molecule has 0 bridgehead atoms. The molecule has 0 saturated carbocycles. The van der Waals surface area contributed by atoms with E-state index in [-0.39, 0.29) is 17.4 Å². The number of nitrogens with one attached hydrogen (secondary N) is 2. The zero-order valence-corrected chi connectivity index (χ0v) is 17.4. The highest BCUT2D eigenvalue weighted by atomic mass is 35.5. The fraction of sp³-hybridized carbons (Fsp3) is 0.190. The number of carbonyl (C=O) groups excluding carboxylic acids is 1. The maximum Gasteiger partial charge on any atom is 0.256 e. The number of H-pyrrole nitrogens is 1. The molecule has 0 aliphatic rings. The van der Waals surface area contributed by atoms with Crippen LogP contribution >= 0.6 is 23.2 Å². The van der Waals surface area contributed by atoms with E-state index in [9.17, 15) is 9.59 Å². The number of halogens is 2. The molecule has 3 aromatic rings. The molecular formula is C21H20Cl2N4O2. The fourth-order valence-corrected chi connectivity index (χ4v) is 3.55. The third kappa shape index (κ3) is 4.96. The van der Waals surface area contributed by atoms with Crippen LogP contribution in [-0.2, 0) is 11.2 Å². The Balaban J connectivity index is 1.86. The van der Waals surface area contributed by atoms with Gasteiger partial charge in [-0.2, -0.15) is 0 Å². The van der Waals surface area contributed by atoms with Crippen LogP contribution in [0, 0.1) is 0 Å². The predicted molar refractivity (Wildman–Crippen MR) is 118 cm³/mol. The van der Waals surface area contributed by atoms with Crippen LogP contribution in [0.25, 0.3) is 11.1 Å². The minimum atomic E-state index is -0.242. The van der Waals surface area contributed by atoms with Crippen molar-refractivity contribution in [2.75, 3.05) is 11.1 Å². The molecule has 0 aliphatic carbocycles. The number of aromatic amines is 1. The van der Waals surface area contributed by atoms with Crippen LogP contribution in [0.5, 0.6) is 0 Å². The molecule has 6 nitrogen and oxygen atoms in total. The van der Waals surface area contributed by atoms with Gasteiger partial charge in [0.1, 0.15) is 5.82 Å². The lowest BCUT2D eigenvalue weighted by atomic mass is 9.96. The molecule has 1 amide bonds. The molecule has 1 aromatic carbocycles. The third-order valence-corrected chi connectivity index (χ3v) is 5.08. The van der Waals surface area contributed by atoms with E-state index in [1.807, 2.05) is 6.92 Å². The van der Waals surface area contributed by atoms with Gasteiger partial charge >= 0.3 is 0 Å².